The quantitative estimate of drug-likeness (QED) is 0.740. The van der Waals surface area contributed by atoms with Gasteiger partial charge in [0.05, 0.1) is 11.3 Å². The lowest BCUT2D eigenvalue weighted by Crippen LogP contribution is -2.03. The van der Waals surface area contributed by atoms with E-state index in [9.17, 15) is 4.79 Å². The van der Waals surface area contributed by atoms with E-state index in [2.05, 4.69) is 15.2 Å². The molecule has 3 aromatic rings. The Morgan fingerprint density at radius 2 is 1.83 bits per heavy atom. The summed E-state index contributed by atoms with van der Waals surface area (Å²) in [4.78, 5) is 16.6. The van der Waals surface area contributed by atoms with Gasteiger partial charge in [-0.05, 0) is 29.8 Å². The third-order valence-corrected chi connectivity index (χ3v) is 4.30. The molecule has 0 saturated heterocycles. The van der Waals surface area contributed by atoms with Crippen molar-refractivity contribution in [3.63, 3.8) is 0 Å². The van der Waals surface area contributed by atoms with Crippen molar-refractivity contribution in [2.24, 2.45) is 4.99 Å². The molecular weight excluding hydrogens is 322 g/mol. The lowest BCUT2D eigenvalue weighted by Gasteiger charge is -2.02. The maximum Gasteiger partial charge on any atom is 0.271 e. The zero-order chi connectivity index (χ0) is 16.5. The minimum atomic E-state index is -0.135. The van der Waals surface area contributed by atoms with Crippen molar-refractivity contribution in [2.45, 2.75) is 6.42 Å². The Balaban J connectivity index is 1.71. The number of rotatable bonds is 3. The number of halogens is 1. The highest BCUT2D eigenvalue weighted by Crippen LogP contribution is 2.32. The predicted octanol–water partition coefficient (Wildman–Crippen LogP) is 4.20. The number of H-pyrrole nitrogens is 2. The second-order valence-corrected chi connectivity index (χ2v) is 6.09. The normalized spacial score (nSPS) is 14.3. The van der Waals surface area contributed by atoms with Gasteiger partial charge < -0.3 is 5.10 Å². The van der Waals surface area contributed by atoms with Crippen molar-refractivity contribution in [1.82, 2.24) is 10.2 Å². The van der Waals surface area contributed by atoms with Gasteiger partial charge in [0, 0.05) is 34.5 Å². The van der Waals surface area contributed by atoms with Crippen LogP contribution in [-0.4, -0.2) is 16.4 Å². The first-order valence-corrected chi connectivity index (χ1v) is 7.97. The van der Waals surface area contributed by atoms with E-state index in [1.54, 1.807) is 6.21 Å². The summed E-state index contributed by atoms with van der Waals surface area (Å²) in [6.07, 6.45) is 4.30. The number of fused-ring (bicyclic) bond motifs is 1. The number of aromatic amines is 2. The smallest absolute Gasteiger partial charge is 0.271 e. The van der Waals surface area contributed by atoms with E-state index in [1.807, 2.05) is 54.6 Å². The van der Waals surface area contributed by atoms with Crippen LogP contribution in [0.3, 0.4) is 0 Å². The highest BCUT2D eigenvalue weighted by atomic mass is 35.5. The molecule has 0 amide bonds. The van der Waals surface area contributed by atoms with Crippen LogP contribution in [0, 0.1) is 0 Å². The molecule has 2 N–H and O–H groups in total. The van der Waals surface area contributed by atoms with Gasteiger partial charge in [-0.3, -0.25) is 14.9 Å². The SMILES string of the molecule is O=c1[nH][nH]c(Cc2ccc(Cl)cc2)c1/C=C1/C=Nc2ccccc21. The van der Waals surface area contributed by atoms with Crippen LogP contribution in [0.5, 0.6) is 0 Å². The average Bonchev–Trinajstić information content (AvgIpc) is 3.16. The fraction of sp³-hybridized carbons (Fsp3) is 0.0526. The molecule has 0 saturated carbocycles. The molecule has 4 nitrogen and oxygen atoms in total. The monoisotopic (exact) mass is 335 g/mol. The Morgan fingerprint density at radius 3 is 2.67 bits per heavy atom. The number of nitrogens with one attached hydrogen (secondary N) is 2. The molecule has 2 aromatic carbocycles. The summed E-state index contributed by atoms with van der Waals surface area (Å²) in [5.74, 6) is 0. The number of allylic oxidation sites excluding steroid dienone is 1. The van der Waals surface area contributed by atoms with E-state index in [1.165, 1.54) is 0 Å². The molecule has 1 aromatic heterocycles. The fourth-order valence-electron chi connectivity index (χ4n) is 2.81. The molecule has 0 atom stereocenters. The van der Waals surface area contributed by atoms with Crippen molar-refractivity contribution < 1.29 is 0 Å². The maximum absolute atomic E-state index is 12.2. The van der Waals surface area contributed by atoms with Crippen LogP contribution in [-0.2, 0) is 6.42 Å². The van der Waals surface area contributed by atoms with Gasteiger partial charge in [-0.15, -0.1) is 0 Å². The fourth-order valence-corrected chi connectivity index (χ4v) is 2.94. The summed E-state index contributed by atoms with van der Waals surface area (Å²) < 4.78 is 0. The van der Waals surface area contributed by atoms with Crippen molar-refractivity contribution in [3.8, 4) is 0 Å². The molecule has 118 valence electrons. The summed E-state index contributed by atoms with van der Waals surface area (Å²) in [6, 6.07) is 15.5. The number of para-hydroxylation sites is 1. The van der Waals surface area contributed by atoms with Crippen LogP contribution in [0.4, 0.5) is 5.69 Å². The van der Waals surface area contributed by atoms with E-state index in [4.69, 9.17) is 11.6 Å². The minimum Gasteiger partial charge on any atom is -0.301 e. The van der Waals surface area contributed by atoms with Crippen LogP contribution >= 0.6 is 11.6 Å². The van der Waals surface area contributed by atoms with E-state index >= 15 is 0 Å². The molecule has 0 spiro atoms. The van der Waals surface area contributed by atoms with Gasteiger partial charge in [0.15, 0.2) is 0 Å². The van der Waals surface area contributed by atoms with Gasteiger partial charge in [-0.2, -0.15) is 0 Å². The molecule has 5 heteroatoms. The lowest BCUT2D eigenvalue weighted by atomic mass is 10.0. The highest BCUT2D eigenvalue weighted by Gasteiger charge is 2.14. The van der Waals surface area contributed by atoms with Gasteiger partial charge in [0.25, 0.3) is 5.56 Å². The topological polar surface area (TPSA) is 61.0 Å². The Hall–Kier alpha value is -2.85. The molecule has 1 aliphatic heterocycles. The molecule has 0 fully saturated rings. The van der Waals surface area contributed by atoms with Crippen LogP contribution in [0.15, 0.2) is 58.3 Å². The number of hydrogen-bond acceptors (Lipinski definition) is 2. The zero-order valence-corrected chi connectivity index (χ0v) is 13.5. The Bertz CT molecular complexity index is 1010. The van der Waals surface area contributed by atoms with E-state index in [-0.39, 0.29) is 5.56 Å². The first-order valence-electron chi connectivity index (χ1n) is 7.60. The maximum atomic E-state index is 12.2. The van der Waals surface area contributed by atoms with Crippen LogP contribution in [0.25, 0.3) is 11.6 Å². The summed E-state index contributed by atoms with van der Waals surface area (Å²) >= 11 is 5.92. The highest BCUT2D eigenvalue weighted by molar-refractivity contribution is 6.30. The Labute approximate surface area is 143 Å². The van der Waals surface area contributed by atoms with Crippen LogP contribution in [0.1, 0.15) is 22.4 Å². The summed E-state index contributed by atoms with van der Waals surface area (Å²) in [5.41, 5.74) is 5.31. The molecule has 0 aliphatic carbocycles. The third-order valence-electron chi connectivity index (χ3n) is 4.05. The molecule has 0 radical (unpaired) electrons. The predicted molar refractivity (Wildman–Crippen MR) is 98.1 cm³/mol. The Kier molecular flexibility index (Phi) is 3.67. The number of aliphatic imine (C=N–C) groups is 1. The molecule has 24 heavy (non-hydrogen) atoms. The van der Waals surface area contributed by atoms with Gasteiger partial charge in [0.2, 0.25) is 0 Å². The van der Waals surface area contributed by atoms with Crippen molar-refractivity contribution in [1.29, 1.82) is 0 Å². The minimum absolute atomic E-state index is 0.135. The van der Waals surface area contributed by atoms with Gasteiger partial charge in [-0.1, -0.05) is 41.9 Å². The summed E-state index contributed by atoms with van der Waals surface area (Å²) in [5, 5.41) is 6.34. The van der Waals surface area contributed by atoms with Crippen molar-refractivity contribution in [3.05, 3.63) is 86.3 Å². The molecule has 0 bridgehead atoms. The molecule has 1 aliphatic rings. The Morgan fingerprint density at radius 1 is 1.04 bits per heavy atom. The van der Waals surface area contributed by atoms with Crippen LogP contribution < -0.4 is 5.56 Å². The van der Waals surface area contributed by atoms with E-state index < -0.39 is 0 Å². The van der Waals surface area contributed by atoms with Gasteiger partial charge in [-0.25, -0.2) is 0 Å². The van der Waals surface area contributed by atoms with Crippen molar-refractivity contribution >= 4 is 35.2 Å². The average molecular weight is 336 g/mol. The molecule has 2 heterocycles. The number of aromatic nitrogens is 2. The molecule has 0 unspecified atom stereocenters. The van der Waals surface area contributed by atoms with Gasteiger partial charge in [0.1, 0.15) is 0 Å². The van der Waals surface area contributed by atoms with Gasteiger partial charge >= 0.3 is 0 Å². The zero-order valence-electron chi connectivity index (χ0n) is 12.7. The second-order valence-electron chi connectivity index (χ2n) is 5.65. The number of hydrogen-bond donors (Lipinski definition) is 2. The number of benzene rings is 2. The van der Waals surface area contributed by atoms with Crippen LogP contribution in [0.2, 0.25) is 5.02 Å². The largest absolute Gasteiger partial charge is 0.301 e. The van der Waals surface area contributed by atoms with Crippen molar-refractivity contribution in [2.75, 3.05) is 0 Å². The standard InChI is InChI=1S/C19H14ClN3O/c20-14-7-5-12(6-8-14)9-18-16(19(24)23-22-18)10-13-11-21-17-4-2-1-3-15(13)17/h1-8,10-11H,9H2,(H2,22,23,24)/b13-10-. The molecular formula is C19H14ClN3O. The molecule has 4 rings (SSSR count). The first kappa shape index (κ1) is 14.7. The lowest BCUT2D eigenvalue weighted by molar-refractivity contribution is 0.982. The summed E-state index contributed by atoms with van der Waals surface area (Å²) in [7, 11) is 0. The summed E-state index contributed by atoms with van der Waals surface area (Å²) in [6.45, 7) is 0. The number of nitrogens with zero attached hydrogens (tertiary/aromatic N) is 1. The second kappa shape index (κ2) is 5.98. The van der Waals surface area contributed by atoms with E-state index in [0.717, 1.165) is 28.1 Å². The van der Waals surface area contributed by atoms with E-state index in [0.29, 0.717) is 17.0 Å². The first-order chi connectivity index (χ1) is 11.7. The third kappa shape index (κ3) is 2.72.